The quantitative estimate of drug-likeness (QED) is 0.0332. The van der Waals surface area contributed by atoms with Gasteiger partial charge in [-0.25, -0.2) is 16.8 Å². The Bertz CT molecular complexity index is 2890. The molecule has 0 aliphatic carbocycles. The van der Waals surface area contributed by atoms with E-state index in [2.05, 4.69) is 31.1 Å². The van der Waals surface area contributed by atoms with Crippen LogP contribution in [0.1, 0.15) is 36.8 Å². The van der Waals surface area contributed by atoms with Crippen molar-refractivity contribution in [3.8, 4) is 11.5 Å². The van der Waals surface area contributed by atoms with E-state index >= 15 is 0 Å². The maximum Gasteiger partial charge on any atom is 0.296 e. The van der Waals surface area contributed by atoms with Crippen LogP contribution in [0.15, 0.2) is 66.6 Å². The van der Waals surface area contributed by atoms with Crippen molar-refractivity contribution in [1.82, 2.24) is 0 Å². The summed E-state index contributed by atoms with van der Waals surface area (Å²) >= 11 is 11.0. The maximum atomic E-state index is 12.8. The van der Waals surface area contributed by atoms with Crippen LogP contribution in [0, 0.1) is 13.8 Å². The molecule has 0 aliphatic rings. The average molecular weight is 968 g/mol. The van der Waals surface area contributed by atoms with Crippen LogP contribution in [-0.2, 0) is 49.5 Å². The van der Waals surface area contributed by atoms with Crippen molar-refractivity contribution in [3.63, 3.8) is 0 Å². The number of sulfone groups is 2. The molecule has 0 saturated carbocycles. The molecule has 332 valence electrons. The number of hydrogen-bond donors (Lipinski definition) is 6. The van der Waals surface area contributed by atoms with Crippen molar-refractivity contribution < 1.29 is 62.6 Å². The fourth-order valence-corrected chi connectivity index (χ4v) is 10.7. The third-order valence-electron chi connectivity index (χ3n) is 8.73. The minimum atomic E-state index is -5.05. The molecule has 0 unspecified atom stereocenters. The highest BCUT2D eigenvalue weighted by atomic mass is 35.5. The topological polar surface area (TPSA) is 325 Å². The number of anilines is 2. The van der Waals surface area contributed by atoms with Gasteiger partial charge in [-0.15, -0.1) is 33.4 Å². The lowest BCUT2D eigenvalue weighted by molar-refractivity contribution is -0.117. The van der Waals surface area contributed by atoms with Gasteiger partial charge in [-0.2, -0.15) is 27.1 Å². The van der Waals surface area contributed by atoms with Crippen molar-refractivity contribution in [3.05, 3.63) is 47.5 Å². The molecule has 0 saturated heterocycles. The molecule has 61 heavy (non-hydrogen) atoms. The molecule has 2 amide bonds. The summed E-state index contributed by atoms with van der Waals surface area (Å²) in [7, 11) is -16.9. The zero-order chi connectivity index (χ0) is 45.5. The number of hydrogen-bond acceptors (Lipinski definition) is 16. The predicted molar refractivity (Wildman–Crippen MR) is 229 cm³/mol. The van der Waals surface area contributed by atoms with Gasteiger partial charge >= 0.3 is 0 Å². The number of amides is 2. The van der Waals surface area contributed by atoms with Crippen LogP contribution >= 0.6 is 23.2 Å². The standard InChI is InChI=1S/C35H40Cl2N6O14S4/c1-20-13-22-17-27(61(55,56)57)33(35(47)30(22)25(14-20)40-28(44)5-3-9-58(48,49)11-7-36)43-39-19-38-42-32-21(2)15-23-16-24(60(52,53)54)18-26(31(23)34(32)46)41-29(45)6-4-10-59(50,51)12-8-37/h13-18,46-47H,3-12,19H2,1-2H3,(H,40,44)(H,41,45)(H,52,53,54)(H,55,56,57). The SMILES string of the molecule is Cc1cc(NC(=O)CCCS(=O)(=O)CCCl)c2c(O)c(N=NCN=Nc3c(C)cc4cc(S(=O)(=O)O)cc(NC(=O)CCCS(=O)(=O)CCCl)c4c3O)c(S(=O)(=O)O)cc2c1. The number of alkyl halides is 2. The Kier molecular flexibility index (Phi) is 16.2. The summed E-state index contributed by atoms with van der Waals surface area (Å²) in [6, 6.07) is 7.18. The average Bonchev–Trinajstić information content (AvgIpc) is 3.11. The number of benzene rings is 4. The number of aryl methyl sites for hydroxylation is 2. The molecule has 0 aliphatic heterocycles. The first kappa shape index (κ1) is 49.1. The fourth-order valence-electron chi connectivity index (χ4n) is 6.03. The lowest BCUT2D eigenvalue weighted by Crippen LogP contribution is -2.16. The van der Waals surface area contributed by atoms with Gasteiger partial charge in [0.1, 0.15) is 16.3 Å². The molecular weight excluding hydrogens is 928 g/mol. The third kappa shape index (κ3) is 13.2. The molecule has 4 aromatic carbocycles. The van der Waals surface area contributed by atoms with Gasteiger partial charge in [0.15, 0.2) is 37.8 Å². The highest BCUT2D eigenvalue weighted by Gasteiger charge is 2.25. The van der Waals surface area contributed by atoms with Gasteiger partial charge in [0.2, 0.25) is 11.8 Å². The predicted octanol–water partition coefficient (Wildman–Crippen LogP) is 6.08. The second-order valence-corrected chi connectivity index (χ2v) is 21.7. The van der Waals surface area contributed by atoms with Gasteiger partial charge in [-0.3, -0.25) is 18.7 Å². The molecule has 0 fully saturated rings. The van der Waals surface area contributed by atoms with E-state index < -0.39 is 85.4 Å². The van der Waals surface area contributed by atoms with Crippen molar-refractivity contribution in [1.29, 1.82) is 0 Å². The first-order chi connectivity index (χ1) is 28.4. The first-order valence-corrected chi connectivity index (χ1v) is 25.4. The molecule has 0 radical (unpaired) electrons. The maximum absolute atomic E-state index is 12.8. The van der Waals surface area contributed by atoms with Crippen molar-refractivity contribution in [2.45, 2.75) is 49.3 Å². The molecular formula is C35H40Cl2N6O14S4. The molecule has 26 heteroatoms. The lowest BCUT2D eigenvalue weighted by Gasteiger charge is -2.15. The zero-order valence-corrected chi connectivity index (χ0v) is 37.1. The second kappa shape index (κ2) is 20.1. The summed E-state index contributed by atoms with van der Waals surface area (Å²) in [6.45, 7) is 2.39. The minimum absolute atomic E-state index is 0.0101. The number of phenolic OH excluding ortho intramolecular Hbond substituents is 2. The Morgan fingerprint density at radius 3 is 1.59 bits per heavy atom. The number of aromatic hydroxyl groups is 2. The Balaban J connectivity index is 1.66. The smallest absolute Gasteiger partial charge is 0.296 e. The Morgan fingerprint density at radius 1 is 0.623 bits per heavy atom. The van der Waals surface area contributed by atoms with Gasteiger partial charge in [-0.05, 0) is 78.9 Å². The number of carbonyl (C=O) groups is 2. The molecule has 0 atom stereocenters. The first-order valence-electron chi connectivity index (χ1n) is 17.8. The van der Waals surface area contributed by atoms with E-state index in [1.165, 1.54) is 25.1 Å². The molecule has 6 N–H and O–H groups in total. The fraction of sp³-hybridized carbons (Fsp3) is 0.371. The van der Waals surface area contributed by atoms with Crippen LogP contribution in [0.25, 0.3) is 21.5 Å². The summed E-state index contributed by atoms with van der Waals surface area (Å²) in [4.78, 5) is 24.2. The minimum Gasteiger partial charge on any atom is -0.505 e. The van der Waals surface area contributed by atoms with Crippen LogP contribution in [0.2, 0.25) is 0 Å². The molecule has 0 aromatic heterocycles. The van der Waals surface area contributed by atoms with Crippen molar-refractivity contribution in [2.24, 2.45) is 20.5 Å². The van der Waals surface area contributed by atoms with E-state index in [9.17, 15) is 62.6 Å². The third-order valence-corrected chi connectivity index (χ3v) is 14.7. The Hall–Kier alpha value is -4.56. The van der Waals surface area contributed by atoms with Gasteiger partial charge in [0, 0.05) is 35.4 Å². The number of fused-ring (bicyclic) bond motifs is 2. The van der Waals surface area contributed by atoms with Gasteiger partial charge < -0.3 is 20.8 Å². The second-order valence-electron chi connectivity index (χ2n) is 13.5. The summed E-state index contributed by atoms with van der Waals surface area (Å²) in [5.41, 5.74) is -0.496. The van der Waals surface area contributed by atoms with Crippen LogP contribution in [0.5, 0.6) is 11.5 Å². The normalized spacial score (nSPS) is 12.8. The van der Waals surface area contributed by atoms with E-state index in [1.807, 2.05) is 0 Å². The Morgan fingerprint density at radius 2 is 1.10 bits per heavy atom. The van der Waals surface area contributed by atoms with E-state index in [0.29, 0.717) is 5.56 Å². The largest absolute Gasteiger partial charge is 0.505 e. The number of azo groups is 2. The van der Waals surface area contributed by atoms with Gasteiger partial charge in [0.05, 0.1) is 39.3 Å². The summed E-state index contributed by atoms with van der Waals surface area (Å²) in [5.74, 6) is -4.23. The number of carbonyl (C=O) groups excluding carboxylic acids is 2. The lowest BCUT2D eigenvalue weighted by atomic mass is 10.0. The van der Waals surface area contributed by atoms with Crippen LogP contribution in [0.4, 0.5) is 22.7 Å². The number of phenols is 2. The number of nitrogens with zero attached hydrogens (tertiary/aromatic N) is 4. The van der Waals surface area contributed by atoms with E-state index in [-0.39, 0.29) is 105 Å². The Labute approximate surface area is 360 Å². The van der Waals surface area contributed by atoms with E-state index in [0.717, 1.165) is 18.2 Å². The highest BCUT2D eigenvalue weighted by Crippen LogP contribution is 2.45. The van der Waals surface area contributed by atoms with Gasteiger partial charge in [0.25, 0.3) is 20.2 Å². The van der Waals surface area contributed by atoms with E-state index in [1.54, 1.807) is 6.92 Å². The van der Waals surface area contributed by atoms with Crippen LogP contribution in [0.3, 0.4) is 0 Å². The monoisotopic (exact) mass is 966 g/mol. The number of halogens is 2. The molecule has 0 spiro atoms. The summed E-state index contributed by atoms with van der Waals surface area (Å²) < 4.78 is 117. The number of nitrogens with one attached hydrogen (secondary N) is 2. The summed E-state index contributed by atoms with van der Waals surface area (Å²) in [6.07, 6.45) is -0.686. The molecule has 0 heterocycles. The molecule has 4 aromatic rings. The molecule has 4 rings (SSSR count). The van der Waals surface area contributed by atoms with Gasteiger partial charge in [-0.1, -0.05) is 6.07 Å². The summed E-state index contributed by atoms with van der Waals surface area (Å²) in [5, 5.41) is 42.8. The molecule has 0 bridgehead atoms. The number of rotatable bonds is 20. The van der Waals surface area contributed by atoms with E-state index in [4.69, 9.17) is 23.2 Å². The molecule has 20 nitrogen and oxygen atoms in total. The van der Waals surface area contributed by atoms with Crippen molar-refractivity contribution in [2.75, 3.05) is 52.1 Å². The highest BCUT2D eigenvalue weighted by molar-refractivity contribution is 7.91. The zero-order valence-electron chi connectivity index (χ0n) is 32.3. The van der Waals surface area contributed by atoms with Crippen LogP contribution in [-0.4, -0.2) is 106 Å². The van der Waals surface area contributed by atoms with Crippen molar-refractivity contribution >= 4 is 119 Å². The van der Waals surface area contributed by atoms with Crippen LogP contribution < -0.4 is 10.6 Å².